The van der Waals surface area contributed by atoms with Crippen LogP contribution in [-0.2, 0) is 4.79 Å². The summed E-state index contributed by atoms with van der Waals surface area (Å²) in [7, 11) is 0. The zero-order chi connectivity index (χ0) is 11.5. The zero-order valence-corrected chi connectivity index (χ0v) is 9.40. The lowest BCUT2D eigenvalue weighted by Gasteiger charge is -2.07. The average Bonchev–Trinajstić information content (AvgIpc) is 2.28. The van der Waals surface area contributed by atoms with Crippen molar-refractivity contribution in [2.45, 2.75) is 13.8 Å². The first-order valence-electron chi connectivity index (χ1n) is 5.32. The van der Waals surface area contributed by atoms with E-state index in [1.807, 2.05) is 44.2 Å². The Balaban J connectivity index is 2.29. The lowest BCUT2D eigenvalue weighted by Crippen LogP contribution is -2.18. The highest BCUT2D eigenvalue weighted by Gasteiger charge is 2.07. The molecule has 16 heavy (non-hydrogen) atoms. The van der Waals surface area contributed by atoms with E-state index in [2.05, 4.69) is 10.3 Å². The van der Waals surface area contributed by atoms with Crippen molar-refractivity contribution < 1.29 is 4.79 Å². The normalized spacial score (nSPS) is 10.7. The molecule has 1 aromatic carbocycles. The second-order valence-corrected chi connectivity index (χ2v) is 4.06. The van der Waals surface area contributed by atoms with Crippen LogP contribution in [-0.4, -0.2) is 10.9 Å². The smallest absolute Gasteiger partial charge is 0.228 e. The van der Waals surface area contributed by atoms with Crippen molar-refractivity contribution in [1.29, 1.82) is 0 Å². The number of nitrogens with zero attached hydrogens (tertiary/aromatic N) is 1. The van der Waals surface area contributed by atoms with Gasteiger partial charge in [-0.05, 0) is 11.5 Å². The van der Waals surface area contributed by atoms with Crippen molar-refractivity contribution in [3.8, 4) is 0 Å². The third-order valence-electron chi connectivity index (χ3n) is 2.41. The predicted molar refractivity (Wildman–Crippen MR) is 65.2 cm³/mol. The van der Waals surface area contributed by atoms with Crippen LogP contribution in [0.3, 0.4) is 0 Å². The van der Waals surface area contributed by atoms with Gasteiger partial charge < -0.3 is 5.32 Å². The molecule has 0 radical (unpaired) electrons. The molecule has 1 aromatic heterocycles. The average molecular weight is 214 g/mol. The molecule has 0 aliphatic heterocycles. The van der Waals surface area contributed by atoms with Crippen LogP contribution in [0.1, 0.15) is 13.8 Å². The highest BCUT2D eigenvalue weighted by molar-refractivity contribution is 5.93. The number of benzene rings is 1. The van der Waals surface area contributed by atoms with Crippen molar-refractivity contribution in [2.24, 2.45) is 5.92 Å². The highest BCUT2D eigenvalue weighted by Crippen LogP contribution is 2.16. The lowest BCUT2D eigenvalue weighted by atomic mass is 10.1. The van der Waals surface area contributed by atoms with Crippen LogP contribution < -0.4 is 5.32 Å². The summed E-state index contributed by atoms with van der Waals surface area (Å²) in [6.07, 6.45) is 1.77. The van der Waals surface area contributed by atoms with Crippen LogP contribution in [0, 0.1) is 5.92 Å². The summed E-state index contributed by atoms with van der Waals surface area (Å²) in [5, 5.41) is 4.94. The van der Waals surface area contributed by atoms with E-state index in [0.717, 1.165) is 10.8 Å². The second-order valence-electron chi connectivity index (χ2n) is 4.06. The Bertz CT molecular complexity index is 520. The van der Waals surface area contributed by atoms with Gasteiger partial charge in [0.2, 0.25) is 5.91 Å². The van der Waals surface area contributed by atoms with E-state index < -0.39 is 0 Å². The van der Waals surface area contributed by atoms with E-state index in [-0.39, 0.29) is 11.8 Å². The maximum absolute atomic E-state index is 11.5. The van der Waals surface area contributed by atoms with Gasteiger partial charge in [0, 0.05) is 17.5 Å². The Kier molecular flexibility index (Phi) is 2.86. The molecule has 2 rings (SSSR count). The van der Waals surface area contributed by atoms with E-state index >= 15 is 0 Å². The fourth-order valence-corrected chi connectivity index (χ4v) is 1.42. The van der Waals surface area contributed by atoms with Crippen molar-refractivity contribution in [3.63, 3.8) is 0 Å². The summed E-state index contributed by atoms with van der Waals surface area (Å²) in [5.41, 5.74) is 0. The summed E-state index contributed by atoms with van der Waals surface area (Å²) in [5.74, 6) is 0.563. The van der Waals surface area contributed by atoms with Gasteiger partial charge in [0.1, 0.15) is 5.82 Å². The topological polar surface area (TPSA) is 42.0 Å². The van der Waals surface area contributed by atoms with Crippen molar-refractivity contribution >= 4 is 22.5 Å². The zero-order valence-electron chi connectivity index (χ0n) is 9.40. The molecule has 82 valence electrons. The summed E-state index contributed by atoms with van der Waals surface area (Å²) in [6.45, 7) is 3.72. The number of carbonyl (C=O) groups is 1. The fraction of sp³-hybridized carbons (Fsp3) is 0.231. The Morgan fingerprint density at radius 3 is 2.62 bits per heavy atom. The molecule has 0 bridgehead atoms. The Morgan fingerprint density at radius 1 is 1.25 bits per heavy atom. The summed E-state index contributed by atoms with van der Waals surface area (Å²) in [4.78, 5) is 15.7. The number of amides is 1. The molecule has 0 saturated carbocycles. The number of hydrogen-bond acceptors (Lipinski definition) is 2. The molecular formula is C13H14N2O. The molecule has 0 atom stereocenters. The minimum Gasteiger partial charge on any atom is -0.310 e. The SMILES string of the molecule is CC(C)C(=O)Nc1cc2ccccc2cn1. The minimum absolute atomic E-state index is 0.0113. The molecule has 1 heterocycles. The third kappa shape index (κ3) is 2.19. The third-order valence-corrected chi connectivity index (χ3v) is 2.41. The standard InChI is InChI=1S/C13H14N2O/c1-9(2)13(16)15-12-7-10-5-3-4-6-11(10)8-14-12/h3-9H,1-2H3,(H,14,15,16). The van der Waals surface area contributed by atoms with Gasteiger partial charge in [0.25, 0.3) is 0 Å². The lowest BCUT2D eigenvalue weighted by molar-refractivity contribution is -0.118. The molecule has 0 spiro atoms. The van der Waals surface area contributed by atoms with Crippen LogP contribution in [0.4, 0.5) is 5.82 Å². The van der Waals surface area contributed by atoms with E-state index in [0.29, 0.717) is 5.82 Å². The van der Waals surface area contributed by atoms with Crippen molar-refractivity contribution in [2.75, 3.05) is 5.32 Å². The highest BCUT2D eigenvalue weighted by atomic mass is 16.1. The minimum atomic E-state index is -0.0340. The molecular weight excluding hydrogens is 200 g/mol. The molecule has 1 amide bonds. The van der Waals surface area contributed by atoms with E-state index in [4.69, 9.17) is 0 Å². The number of carbonyl (C=O) groups excluding carboxylic acids is 1. The van der Waals surface area contributed by atoms with Crippen LogP contribution in [0.25, 0.3) is 10.8 Å². The molecule has 2 aromatic rings. The summed E-state index contributed by atoms with van der Waals surface area (Å²) < 4.78 is 0. The van der Waals surface area contributed by atoms with Gasteiger partial charge in [-0.15, -0.1) is 0 Å². The molecule has 0 aliphatic carbocycles. The molecule has 0 unspecified atom stereocenters. The van der Waals surface area contributed by atoms with Gasteiger partial charge in [-0.2, -0.15) is 0 Å². The molecule has 0 fully saturated rings. The molecule has 0 aliphatic rings. The largest absolute Gasteiger partial charge is 0.310 e. The maximum Gasteiger partial charge on any atom is 0.228 e. The van der Waals surface area contributed by atoms with Gasteiger partial charge in [0.05, 0.1) is 0 Å². The van der Waals surface area contributed by atoms with E-state index in [1.165, 1.54) is 0 Å². The Labute approximate surface area is 94.5 Å². The molecule has 0 saturated heterocycles. The van der Waals surface area contributed by atoms with Crippen molar-refractivity contribution in [1.82, 2.24) is 4.98 Å². The Morgan fingerprint density at radius 2 is 1.94 bits per heavy atom. The maximum atomic E-state index is 11.5. The number of rotatable bonds is 2. The van der Waals surface area contributed by atoms with Gasteiger partial charge in [-0.25, -0.2) is 4.98 Å². The van der Waals surface area contributed by atoms with E-state index in [9.17, 15) is 4.79 Å². The predicted octanol–water partition coefficient (Wildman–Crippen LogP) is 2.83. The van der Waals surface area contributed by atoms with Crippen LogP contribution in [0.5, 0.6) is 0 Å². The number of anilines is 1. The number of pyridine rings is 1. The first-order valence-corrected chi connectivity index (χ1v) is 5.32. The van der Waals surface area contributed by atoms with Crippen LogP contribution in [0.2, 0.25) is 0 Å². The number of aromatic nitrogens is 1. The van der Waals surface area contributed by atoms with Crippen LogP contribution >= 0.6 is 0 Å². The number of fused-ring (bicyclic) bond motifs is 1. The van der Waals surface area contributed by atoms with Gasteiger partial charge in [-0.3, -0.25) is 4.79 Å². The summed E-state index contributed by atoms with van der Waals surface area (Å²) in [6, 6.07) is 9.82. The number of nitrogens with one attached hydrogen (secondary N) is 1. The first kappa shape index (κ1) is 10.6. The van der Waals surface area contributed by atoms with Gasteiger partial charge in [0.15, 0.2) is 0 Å². The van der Waals surface area contributed by atoms with Crippen molar-refractivity contribution in [3.05, 3.63) is 36.5 Å². The quantitative estimate of drug-likeness (QED) is 0.835. The molecule has 3 nitrogen and oxygen atoms in total. The summed E-state index contributed by atoms with van der Waals surface area (Å²) >= 11 is 0. The first-order chi connectivity index (χ1) is 7.66. The molecule has 3 heteroatoms. The van der Waals surface area contributed by atoms with Gasteiger partial charge >= 0.3 is 0 Å². The Hall–Kier alpha value is -1.90. The number of hydrogen-bond donors (Lipinski definition) is 1. The molecule has 1 N–H and O–H groups in total. The van der Waals surface area contributed by atoms with Gasteiger partial charge in [-0.1, -0.05) is 38.1 Å². The van der Waals surface area contributed by atoms with Crippen LogP contribution in [0.15, 0.2) is 36.5 Å². The van der Waals surface area contributed by atoms with E-state index in [1.54, 1.807) is 6.20 Å². The fourth-order valence-electron chi connectivity index (χ4n) is 1.42. The monoisotopic (exact) mass is 214 g/mol. The second kappa shape index (κ2) is 4.31.